The third kappa shape index (κ3) is 13.0. The molecule has 10 nitrogen and oxygen atoms in total. The van der Waals surface area contributed by atoms with E-state index in [1.165, 1.54) is 17.2 Å². The van der Waals surface area contributed by atoms with Gasteiger partial charge in [0.05, 0.1) is 4.92 Å². The zero-order chi connectivity index (χ0) is 39.7. The number of nitrogens with one attached hydrogen (secondary N) is 2. The lowest BCUT2D eigenvalue weighted by Crippen LogP contribution is -2.46. The number of likely N-dealkylation sites (N-methyl/N-ethyl adjacent to an activating group) is 1. The number of thioether (sulfide) groups is 1. The van der Waals surface area contributed by atoms with Gasteiger partial charge in [-0.15, -0.1) is 11.8 Å². The Hall–Kier alpha value is -4.56. The highest BCUT2D eigenvalue weighted by Crippen LogP contribution is 2.30. The van der Waals surface area contributed by atoms with E-state index >= 15 is 0 Å². The van der Waals surface area contributed by atoms with Crippen molar-refractivity contribution in [2.24, 2.45) is 5.73 Å². The number of amides is 1. The van der Waals surface area contributed by atoms with Crippen molar-refractivity contribution in [2.75, 3.05) is 75.4 Å². The van der Waals surface area contributed by atoms with Gasteiger partial charge in [-0.1, -0.05) is 73.1 Å². The molecule has 0 spiro atoms. The van der Waals surface area contributed by atoms with Crippen LogP contribution in [-0.4, -0.2) is 85.8 Å². The first-order valence-corrected chi connectivity index (χ1v) is 20.9. The Labute approximate surface area is 344 Å². The van der Waals surface area contributed by atoms with E-state index in [4.69, 9.17) is 17.3 Å². The van der Waals surface area contributed by atoms with Gasteiger partial charge in [-0.2, -0.15) is 0 Å². The van der Waals surface area contributed by atoms with Crippen molar-refractivity contribution >= 4 is 58.3 Å². The number of carbonyl (C=O) groups is 1. The third-order valence-electron chi connectivity index (χ3n) is 9.34. The van der Waals surface area contributed by atoms with Gasteiger partial charge < -0.3 is 20.9 Å². The van der Waals surface area contributed by atoms with Crippen molar-refractivity contribution in [1.82, 2.24) is 14.5 Å². The number of piperazine rings is 1. The minimum atomic E-state index is -0.405. The zero-order valence-electron chi connectivity index (χ0n) is 31.9. The Morgan fingerprint density at radius 3 is 2.25 bits per heavy atom. The van der Waals surface area contributed by atoms with Gasteiger partial charge in [-0.25, -0.2) is 0 Å². The van der Waals surface area contributed by atoms with Crippen molar-refractivity contribution in [1.29, 1.82) is 0 Å². The van der Waals surface area contributed by atoms with Crippen molar-refractivity contribution in [2.45, 2.75) is 23.3 Å². The van der Waals surface area contributed by atoms with Gasteiger partial charge >= 0.3 is 0 Å². The maximum absolute atomic E-state index is 12.9. The summed E-state index contributed by atoms with van der Waals surface area (Å²) in [5.74, 6) is 0.507. The Morgan fingerprint density at radius 2 is 1.59 bits per heavy atom. The molecule has 0 bridgehead atoms. The fourth-order valence-electron chi connectivity index (χ4n) is 6.09. The Kier molecular flexibility index (Phi) is 16.9. The van der Waals surface area contributed by atoms with Crippen LogP contribution in [0.15, 0.2) is 131 Å². The smallest absolute Gasteiger partial charge is 0.293 e. The molecule has 1 fully saturated rings. The van der Waals surface area contributed by atoms with Crippen LogP contribution in [0.4, 0.5) is 17.1 Å². The molecule has 1 aliphatic rings. The highest BCUT2D eigenvalue weighted by atomic mass is 35.5. The molecule has 1 aliphatic heterocycles. The molecule has 0 atom stereocenters. The molecule has 0 aromatic heterocycles. The van der Waals surface area contributed by atoms with Gasteiger partial charge in [-0.05, 0) is 103 Å². The van der Waals surface area contributed by atoms with E-state index in [-0.39, 0.29) is 11.6 Å². The molecule has 1 amide bonds. The summed E-state index contributed by atoms with van der Waals surface area (Å²) >= 11 is 8.86. The second-order valence-corrected chi connectivity index (χ2v) is 15.7. The lowest BCUT2D eigenvalue weighted by Gasteiger charge is -2.36. The Balaban J connectivity index is 0.000000784. The van der Waals surface area contributed by atoms with Crippen LogP contribution >= 0.6 is 35.3 Å². The minimum Gasteiger partial charge on any atom is -0.379 e. The molecule has 1 saturated heterocycles. The highest BCUT2D eigenvalue weighted by Gasteiger charge is 2.20. The average molecular weight is 813 g/mol. The maximum Gasteiger partial charge on any atom is 0.293 e. The maximum atomic E-state index is 12.9. The number of nitro benzene ring substituents is 1. The topological polar surface area (TPSA) is 120 Å². The molecular weight excluding hydrogens is 762 g/mol. The average Bonchev–Trinajstić information content (AvgIpc) is 3.23. The second-order valence-electron chi connectivity index (χ2n) is 13.2. The molecule has 5 aromatic rings. The van der Waals surface area contributed by atoms with Crippen LogP contribution in [0.1, 0.15) is 22.8 Å². The number of carbonyl (C=O) groups excluding carboxylic acids is 1. The van der Waals surface area contributed by atoms with Gasteiger partial charge in [0.15, 0.2) is 0 Å². The Bertz CT molecular complexity index is 1980. The molecule has 4 N–H and O–H groups in total. The molecule has 0 radical (unpaired) electrons. The van der Waals surface area contributed by atoms with E-state index in [1.54, 1.807) is 23.9 Å². The molecule has 294 valence electrons. The van der Waals surface area contributed by atoms with E-state index in [1.807, 2.05) is 66.7 Å². The van der Waals surface area contributed by atoms with Crippen LogP contribution in [0.25, 0.3) is 11.1 Å². The van der Waals surface area contributed by atoms with Crippen molar-refractivity contribution < 1.29 is 9.72 Å². The molecule has 13 heteroatoms. The van der Waals surface area contributed by atoms with Crippen molar-refractivity contribution in [3.8, 4) is 11.1 Å². The van der Waals surface area contributed by atoms with Gasteiger partial charge in [-0.3, -0.25) is 24.5 Å². The number of benzene rings is 5. The molecule has 0 unspecified atom stereocenters. The van der Waals surface area contributed by atoms with Crippen LogP contribution in [0.2, 0.25) is 5.02 Å². The van der Waals surface area contributed by atoms with Gasteiger partial charge in [0.1, 0.15) is 5.69 Å². The van der Waals surface area contributed by atoms with Crippen LogP contribution in [0.5, 0.6) is 0 Å². The third-order valence-corrected chi connectivity index (χ3v) is 11.4. The van der Waals surface area contributed by atoms with Crippen LogP contribution in [-0.2, 0) is 6.54 Å². The van der Waals surface area contributed by atoms with Gasteiger partial charge in [0.2, 0.25) is 0 Å². The van der Waals surface area contributed by atoms with E-state index in [9.17, 15) is 14.9 Å². The second kappa shape index (κ2) is 22.2. The SMILES string of the molecule is CCN(C)CCN.O=C(NSc1ccc(NCCSc2ccccc2)c([N+](=O)[O-])c1)c1ccc(N2CCN(Cc3ccccc3-c3ccc(Cl)cc3)CC2)cc1. The first-order chi connectivity index (χ1) is 27.2. The summed E-state index contributed by atoms with van der Waals surface area (Å²) in [5.41, 5.74) is 11.0. The lowest BCUT2D eigenvalue weighted by molar-refractivity contribution is -0.384. The summed E-state index contributed by atoms with van der Waals surface area (Å²) in [4.78, 5) is 33.0. The molecule has 1 heterocycles. The summed E-state index contributed by atoms with van der Waals surface area (Å²) < 4.78 is 2.82. The quantitative estimate of drug-likeness (QED) is 0.0293. The van der Waals surface area contributed by atoms with E-state index in [0.29, 0.717) is 22.7 Å². The zero-order valence-corrected chi connectivity index (χ0v) is 34.3. The lowest BCUT2D eigenvalue weighted by atomic mass is 9.99. The first kappa shape index (κ1) is 42.6. The van der Waals surface area contributed by atoms with Gasteiger partial charge in [0.25, 0.3) is 11.6 Å². The normalized spacial score (nSPS) is 12.8. The van der Waals surface area contributed by atoms with Gasteiger partial charge in [0, 0.05) is 90.2 Å². The summed E-state index contributed by atoms with van der Waals surface area (Å²) in [6.07, 6.45) is 0. The number of hydrogen-bond donors (Lipinski definition) is 3. The van der Waals surface area contributed by atoms with E-state index < -0.39 is 4.92 Å². The molecule has 0 saturated carbocycles. The molecule has 56 heavy (non-hydrogen) atoms. The number of rotatable bonds is 16. The molecule has 0 aliphatic carbocycles. The van der Waals surface area contributed by atoms with Crippen molar-refractivity contribution in [3.63, 3.8) is 0 Å². The van der Waals surface area contributed by atoms with E-state index in [0.717, 1.165) is 91.2 Å². The highest BCUT2D eigenvalue weighted by molar-refractivity contribution is 7.99. The van der Waals surface area contributed by atoms with Crippen LogP contribution < -0.4 is 20.7 Å². The van der Waals surface area contributed by atoms with Crippen LogP contribution in [0.3, 0.4) is 0 Å². The molecule has 5 aromatic carbocycles. The predicted molar refractivity (Wildman–Crippen MR) is 235 cm³/mol. The summed E-state index contributed by atoms with van der Waals surface area (Å²) in [6, 6.07) is 39.1. The number of halogens is 1. The standard InChI is InChI=1S/C38H36ClN5O3S2.C5H14N2/c39-31-14-10-28(11-15-31)35-9-5-4-6-30(35)27-42-21-23-43(24-22-42)32-16-12-29(13-17-32)38(45)41-49-34-18-19-36(37(26-34)44(46)47)40-20-25-48-33-7-2-1-3-8-33;1-3-7(2)5-4-6/h1-19,26,40H,20-25,27H2,(H,41,45);3-6H2,1-2H3. The number of anilines is 2. The largest absolute Gasteiger partial charge is 0.379 e. The predicted octanol–water partition coefficient (Wildman–Crippen LogP) is 8.78. The number of nitro groups is 1. The van der Waals surface area contributed by atoms with Crippen molar-refractivity contribution in [3.05, 3.63) is 148 Å². The molecular formula is C43H50ClN7O3S2. The Morgan fingerprint density at radius 1 is 0.893 bits per heavy atom. The fourth-order valence-corrected chi connectivity index (χ4v) is 7.64. The number of nitrogens with two attached hydrogens (primary N) is 1. The first-order valence-electron chi connectivity index (χ1n) is 18.7. The minimum absolute atomic E-state index is 0.0285. The number of nitrogens with zero attached hydrogens (tertiary/aromatic N) is 4. The van der Waals surface area contributed by atoms with Crippen LogP contribution in [0, 0.1) is 10.1 Å². The summed E-state index contributed by atoms with van der Waals surface area (Å²) in [6.45, 7) is 10.1. The number of hydrogen-bond acceptors (Lipinski definition) is 10. The monoisotopic (exact) mass is 811 g/mol. The van der Waals surface area contributed by atoms with E-state index in [2.05, 4.69) is 75.1 Å². The molecule has 6 rings (SSSR count). The fraction of sp³-hybridized carbons (Fsp3) is 0.279. The summed E-state index contributed by atoms with van der Waals surface area (Å²) in [5, 5.41) is 15.7. The summed E-state index contributed by atoms with van der Waals surface area (Å²) in [7, 11) is 2.06.